The van der Waals surface area contributed by atoms with Crippen molar-refractivity contribution in [3.63, 3.8) is 0 Å². The largest absolute Gasteiger partial charge is 0.748 e. The minimum Gasteiger partial charge on any atom is -0.748 e. The molecule has 0 bridgehead atoms. The van der Waals surface area contributed by atoms with Crippen molar-refractivity contribution in [2.24, 2.45) is 5.11 Å². The van der Waals surface area contributed by atoms with Crippen LogP contribution in [0.3, 0.4) is 0 Å². The molecule has 8 heteroatoms. The SMILES string of the molecule is CS(=O)(=O)[O-].N=[N+]=N[C@@H]1CCC[C@H](OCc2ccccc2)C1. The molecule has 0 aliphatic heterocycles. The van der Waals surface area contributed by atoms with E-state index in [2.05, 4.69) is 22.2 Å². The average Bonchev–Trinajstić information content (AvgIpc) is 2.45. The van der Waals surface area contributed by atoms with Crippen LogP contribution in [-0.2, 0) is 21.5 Å². The molecule has 1 saturated carbocycles. The van der Waals surface area contributed by atoms with Crippen molar-refractivity contribution in [2.75, 3.05) is 6.26 Å². The Morgan fingerprint density at radius 1 is 1.36 bits per heavy atom. The molecule has 1 aliphatic carbocycles. The van der Waals surface area contributed by atoms with E-state index in [1.165, 1.54) is 5.56 Å². The van der Waals surface area contributed by atoms with E-state index >= 15 is 0 Å². The van der Waals surface area contributed by atoms with Gasteiger partial charge in [0, 0.05) is 12.7 Å². The zero-order valence-electron chi connectivity index (χ0n) is 12.5. The zero-order chi connectivity index (χ0) is 16.4. The lowest BCUT2D eigenvalue weighted by Crippen LogP contribution is -2.25. The van der Waals surface area contributed by atoms with Gasteiger partial charge < -0.3 is 9.29 Å². The Labute approximate surface area is 130 Å². The van der Waals surface area contributed by atoms with E-state index in [0.717, 1.165) is 25.7 Å². The van der Waals surface area contributed by atoms with Gasteiger partial charge in [0.25, 0.3) is 0 Å². The molecular formula is C14H21N3O4S. The van der Waals surface area contributed by atoms with Gasteiger partial charge in [-0.15, -0.1) is 0 Å². The monoisotopic (exact) mass is 327 g/mol. The van der Waals surface area contributed by atoms with E-state index < -0.39 is 10.1 Å². The quantitative estimate of drug-likeness (QED) is 0.518. The number of hydrogen-bond donors (Lipinski definition) is 1. The maximum absolute atomic E-state index is 9.08. The number of ether oxygens (including phenoxy) is 1. The van der Waals surface area contributed by atoms with Crippen molar-refractivity contribution in [3.8, 4) is 0 Å². The predicted octanol–water partition coefficient (Wildman–Crippen LogP) is 2.23. The molecule has 22 heavy (non-hydrogen) atoms. The average molecular weight is 327 g/mol. The molecule has 0 aromatic heterocycles. The molecule has 2 atom stereocenters. The lowest BCUT2D eigenvalue weighted by Gasteiger charge is -2.23. The highest BCUT2D eigenvalue weighted by Crippen LogP contribution is 2.23. The van der Waals surface area contributed by atoms with Gasteiger partial charge in [-0.2, -0.15) is 0 Å². The Bertz CT molecular complexity index is 577. The van der Waals surface area contributed by atoms with Gasteiger partial charge in [-0.05, 0) is 24.8 Å². The summed E-state index contributed by atoms with van der Waals surface area (Å²) in [7, 11) is -3.92. The molecule has 1 fully saturated rings. The van der Waals surface area contributed by atoms with Crippen molar-refractivity contribution >= 4 is 10.1 Å². The first kappa shape index (κ1) is 18.4. The highest BCUT2D eigenvalue weighted by molar-refractivity contribution is 7.84. The number of nitrogens with one attached hydrogen (secondary N) is 1. The molecule has 1 aromatic rings. The van der Waals surface area contributed by atoms with Crippen LogP contribution < -0.4 is 4.91 Å². The normalized spacial score (nSPS) is 21.2. The first-order chi connectivity index (χ1) is 10.4. The minimum absolute atomic E-state index is 0.182. The summed E-state index contributed by atoms with van der Waals surface area (Å²) in [5.74, 6) is 0. The molecule has 0 saturated heterocycles. The Kier molecular flexibility index (Phi) is 7.90. The first-order valence-corrected chi connectivity index (χ1v) is 8.83. The fourth-order valence-electron chi connectivity index (χ4n) is 2.25. The van der Waals surface area contributed by atoms with Crippen LogP contribution in [0, 0.1) is 5.53 Å². The van der Waals surface area contributed by atoms with E-state index in [-0.39, 0.29) is 12.1 Å². The number of hydrogen-bond acceptors (Lipinski definition) is 6. The Hall–Kier alpha value is -1.60. The van der Waals surface area contributed by atoms with Crippen LogP contribution in [0.25, 0.3) is 0 Å². The fraction of sp³-hybridized carbons (Fsp3) is 0.571. The van der Waals surface area contributed by atoms with Crippen molar-refractivity contribution in [1.29, 1.82) is 5.53 Å². The minimum atomic E-state index is -3.92. The van der Waals surface area contributed by atoms with Gasteiger partial charge in [-0.25, -0.2) is 8.42 Å². The van der Waals surface area contributed by atoms with Crippen LogP contribution in [0.5, 0.6) is 0 Å². The molecule has 0 unspecified atom stereocenters. The highest BCUT2D eigenvalue weighted by Gasteiger charge is 2.25. The third kappa shape index (κ3) is 9.36. The zero-order valence-corrected chi connectivity index (χ0v) is 13.3. The number of rotatable bonds is 4. The van der Waals surface area contributed by atoms with Crippen LogP contribution >= 0.6 is 0 Å². The number of benzene rings is 1. The van der Waals surface area contributed by atoms with Crippen molar-refractivity contribution < 1.29 is 17.7 Å². The van der Waals surface area contributed by atoms with E-state index in [0.29, 0.717) is 12.9 Å². The fourth-order valence-corrected chi connectivity index (χ4v) is 2.25. The molecule has 0 radical (unpaired) electrons. The van der Waals surface area contributed by atoms with Gasteiger partial charge in [0.15, 0.2) is 0 Å². The predicted molar refractivity (Wildman–Crippen MR) is 80.2 cm³/mol. The Balaban J connectivity index is 0.000000422. The molecule has 1 N–H and O–H groups in total. The molecule has 0 spiro atoms. The summed E-state index contributed by atoms with van der Waals surface area (Å²) in [6, 6.07) is 10.4. The smallest absolute Gasteiger partial charge is 0.214 e. The van der Waals surface area contributed by atoms with Crippen molar-refractivity contribution in [3.05, 3.63) is 35.9 Å². The van der Waals surface area contributed by atoms with E-state index in [4.69, 9.17) is 23.2 Å². The van der Waals surface area contributed by atoms with Crippen LogP contribution in [-0.4, -0.2) is 31.4 Å². The molecule has 1 aromatic carbocycles. The second-order valence-electron chi connectivity index (χ2n) is 5.16. The standard InChI is InChI=1S/C13H18N3O.CH4O3S/c14-16-15-12-7-4-8-13(9-12)17-10-11-5-2-1-3-6-11;1-5(2,3)4/h1-3,5-6,12-14H,4,7-10H2;1H3,(H,2,3,4)/q+1;/p-1/t12-,13+;/m1./s1. The summed E-state index contributed by atoms with van der Waals surface area (Å²) < 4.78 is 33.1. The number of nitrogens with zero attached hydrogens (tertiary/aromatic N) is 2. The second kappa shape index (κ2) is 9.42. The van der Waals surface area contributed by atoms with E-state index in [1.807, 2.05) is 18.2 Å². The van der Waals surface area contributed by atoms with Crippen molar-refractivity contribution in [1.82, 2.24) is 4.91 Å². The van der Waals surface area contributed by atoms with Gasteiger partial charge in [0.05, 0.1) is 22.8 Å². The third-order valence-electron chi connectivity index (χ3n) is 3.15. The molecule has 1 aliphatic rings. The summed E-state index contributed by atoms with van der Waals surface area (Å²) in [4.78, 5) is 3.13. The lowest BCUT2D eigenvalue weighted by molar-refractivity contribution is 0.0117. The van der Waals surface area contributed by atoms with Crippen LogP contribution in [0.4, 0.5) is 0 Å². The molecule has 0 amide bonds. The topological polar surface area (TPSA) is 117 Å². The molecular weight excluding hydrogens is 306 g/mol. The summed E-state index contributed by atoms with van der Waals surface area (Å²) in [5, 5.41) is 3.90. The third-order valence-corrected chi connectivity index (χ3v) is 3.15. The van der Waals surface area contributed by atoms with Gasteiger partial charge in [0.1, 0.15) is 16.7 Å². The van der Waals surface area contributed by atoms with Crippen LogP contribution in [0.2, 0.25) is 0 Å². The van der Waals surface area contributed by atoms with Gasteiger partial charge in [-0.3, -0.25) is 0 Å². The molecule has 7 nitrogen and oxygen atoms in total. The highest BCUT2D eigenvalue weighted by atomic mass is 32.2. The Morgan fingerprint density at radius 3 is 2.59 bits per heavy atom. The maximum Gasteiger partial charge on any atom is 0.214 e. The van der Waals surface area contributed by atoms with Gasteiger partial charge in [0.2, 0.25) is 4.91 Å². The maximum atomic E-state index is 9.08. The van der Waals surface area contributed by atoms with Crippen molar-refractivity contribution in [2.45, 2.75) is 44.4 Å². The summed E-state index contributed by atoms with van der Waals surface area (Å²) in [6.07, 6.45) is 5.01. The van der Waals surface area contributed by atoms with Gasteiger partial charge in [-0.1, -0.05) is 30.3 Å². The second-order valence-corrected chi connectivity index (χ2v) is 6.57. The van der Waals surface area contributed by atoms with Crippen LogP contribution in [0.15, 0.2) is 35.4 Å². The Morgan fingerprint density at radius 2 is 2.00 bits per heavy atom. The molecule has 0 heterocycles. The van der Waals surface area contributed by atoms with Gasteiger partial charge >= 0.3 is 0 Å². The summed E-state index contributed by atoms with van der Waals surface area (Å²) in [5.41, 5.74) is 7.96. The van der Waals surface area contributed by atoms with E-state index in [1.54, 1.807) is 0 Å². The van der Waals surface area contributed by atoms with Crippen LogP contribution in [0.1, 0.15) is 31.2 Å². The van der Waals surface area contributed by atoms with E-state index in [9.17, 15) is 0 Å². The summed E-state index contributed by atoms with van der Waals surface area (Å²) >= 11 is 0. The molecule has 2 rings (SSSR count). The molecule has 122 valence electrons. The first-order valence-electron chi connectivity index (χ1n) is 7.01. The summed E-state index contributed by atoms with van der Waals surface area (Å²) in [6.45, 7) is 0.663. The lowest BCUT2D eigenvalue weighted by atomic mass is 9.93.